The maximum absolute atomic E-state index is 13.5. The van der Waals surface area contributed by atoms with Crippen molar-refractivity contribution >= 4 is 166 Å². The third-order valence-electron chi connectivity index (χ3n) is 28.0. The second-order valence-electron chi connectivity index (χ2n) is 36.1. The number of carbonyl (C=O) groups excluding carboxylic acids is 9. The van der Waals surface area contributed by atoms with Crippen LogP contribution in [0.5, 0.6) is 0 Å². The molecule has 20 rings (SSSR count). The fraction of sp³-hybridized carbons (Fsp3) is 0.857. The van der Waals surface area contributed by atoms with Crippen LogP contribution in [0.1, 0.15) is 193 Å². The monoisotopic (exact) mass is 1690 g/mol. The lowest BCUT2D eigenvalue weighted by Gasteiger charge is -2.55. The van der Waals surface area contributed by atoms with E-state index in [1.807, 2.05) is 0 Å². The summed E-state index contributed by atoms with van der Waals surface area (Å²) in [5.41, 5.74) is 9.44. The minimum atomic E-state index is -1.07. The molecular weight excluding hydrogens is 1580 g/mol. The van der Waals surface area contributed by atoms with Gasteiger partial charge < -0.3 is 61.9 Å². The number of nitrogens with one attached hydrogen (secondary N) is 4. The van der Waals surface area contributed by atoms with Gasteiger partial charge >= 0.3 is 35.8 Å². The van der Waals surface area contributed by atoms with Gasteiger partial charge in [0.1, 0.15) is 36.3 Å². The number of carboxylic acids is 2. The number of amides is 4. The van der Waals surface area contributed by atoms with Gasteiger partial charge in [0, 0.05) is 61.6 Å². The highest BCUT2D eigenvalue weighted by Gasteiger charge is 2.60. The SMILES string of the molecule is COC(=O)C(CSSCC(NC(=O)C12CC3CC(CC(C3)C1)C2)C(=O)OC)NC(=O)C12CC3CC(CC(C3)C1)C2.COC(=O)C(N)CSSCC(N)C(=O)OC.Cl.Cl.O=C(Cl)C12CC3CC(CC(C3)C1)C2.O=C(O)C(CSSC[C@H](NC(=O)C12CC3CC(CC(C3)C1)C2)C(=O)O)NC(=O)C12CC3CC(CC(C3)C1)C2. The van der Waals surface area contributed by atoms with Crippen molar-refractivity contribution in [2.75, 3.05) is 63.0 Å². The lowest BCUT2D eigenvalue weighted by molar-refractivity contribution is -0.152. The Hall–Kier alpha value is -2.74. The van der Waals surface area contributed by atoms with Crippen molar-refractivity contribution in [1.82, 2.24) is 21.3 Å². The van der Waals surface area contributed by atoms with E-state index in [-0.39, 0.29) is 81.4 Å². The van der Waals surface area contributed by atoms with Crippen molar-refractivity contribution in [3.8, 4) is 0 Å². The zero-order chi connectivity index (χ0) is 76.3. The number of rotatable bonds is 30. The van der Waals surface area contributed by atoms with Crippen molar-refractivity contribution < 1.29 is 81.9 Å². The third-order valence-corrected chi connectivity index (χ3v) is 35.7. The molecule has 23 nitrogen and oxygen atoms in total. The maximum Gasteiger partial charge on any atom is 0.329 e. The molecule has 0 spiro atoms. The van der Waals surface area contributed by atoms with E-state index < -0.39 is 82.9 Å². The van der Waals surface area contributed by atoms with Crippen LogP contribution >= 0.6 is 101 Å². The molecule has 5 unspecified atom stereocenters. The van der Waals surface area contributed by atoms with E-state index in [0.717, 1.165) is 114 Å². The molecule has 614 valence electrons. The number of carboxylic acid groups (broad SMARTS) is 2. The highest BCUT2D eigenvalue weighted by molar-refractivity contribution is 8.77. The van der Waals surface area contributed by atoms with Crippen molar-refractivity contribution in [3.63, 3.8) is 0 Å². The number of hydrogen-bond donors (Lipinski definition) is 8. The van der Waals surface area contributed by atoms with Crippen LogP contribution in [0.2, 0.25) is 0 Å². The summed E-state index contributed by atoms with van der Waals surface area (Å²) in [5, 5.41) is 31.3. The summed E-state index contributed by atoms with van der Waals surface area (Å²) in [6, 6.07) is -4.84. The largest absolute Gasteiger partial charge is 0.480 e. The molecule has 20 saturated carbocycles. The van der Waals surface area contributed by atoms with Gasteiger partial charge in [-0.05, 0) is 293 Å². The first kappa shape index (κ1) is 88.6. The van der Waals surface area contributed by atoms with Crippen molar-refractivity contribution in [1.29, 1.82) is 0 Å². The first-order valence-corrected chi connectivity index (χ1v) is 47.3. The molecule has 20 aliphatic rings. The van der Waals surface area contributed by atoms with Gasteiger partial charge in [-0.1, -0.05) is 64.8 Å². The number of hydrogen-bond acceptors (Lipinski definition) is 23. The number of carbonyl (C=O) groups is 11. The second-order valence-corrected chi connectivity index (χ2v) is 44.1. The molecule has 0 aromatic rings. The molecule has 0 radical (unpaired) electrons. The molecule has 0 aliphatic heterocycles. The fourth-order valence-electron chi connectivity index (χ4n) is 25.3. The van der Waals surface area contributed by atoms with Crippen LogP contribution in [-0.4, -0.2) is 174 Å². The lowest BCUT2D eigenvalue weighted by atomic mass is 9.49. The van der Waals surface area contributed by atoms with Crippen molar-refractivity contribution in [2.45, 2.75) is 229 Å². The first-order valence-electron chi connectivity index (χ1n) is 39.5. The molecule has 4 amide bonds. The minimum absolute atomic E-state index is 0. The Bertz CT molecular complexity index is 2950. The summed E-state index contributed by atoms with van der Waals surface area (Å²) in [6.45, 7) is 0. The van der Waals surface area contributed by atoms with Crippen LogP contribution in [0.25, 0.3) is 0 Å². The number of esters is 4. The molecule has 20 fully saturated rings. The van der Waals surface area contributed by atoms with E-state index in [0.29, 0.717) is 94.0 Å². The quantitative estimate of drug-likeness (QED) is 0.0109. The molecule has 20 aliphatic carbocycles. The average molecular weight is 1700 g/mol. The molecule has 10 N–H and O–H groups in total. The van der Waals surface area contributed by atoms with Crippen molar-refractivity contribution in [2.24, 2.45) is 127 Å². The molecule has 109 heavy (non-hydrogen) atoms. The van der Waals surface area contributed by atoms with E-state index in [9.17, 15) is 63.0 Å². The second kappa shape index (κ2) is 38.1. The van der Waals surface area contributed by atoms with Gasteiger partial charge in [-0.3, -0.25) is 33.6 Å². The van der Waals surface area contributed by atoms with Gasteiger partial charge in [-0.2, -0.15) is 0 Å². The number of methoxy groups -OCH3 is 4. The Labute approximate surface area is 683 Å². The van der Waals surface area contributed by atoms with Gasteiger partial charge in [-0.15, -0.1) is 24.8 Å². The van der Waals surface area contributed by atoms with E-state index >= 15 is 0 Å². The Balaban J connectivity index is 0.000000169. The molecule has 0 heterocycles. The molecule has 32 heteroatoms. The topological polar surface area (TPSA) is 365 Å². The number of halogens is 3. The zero-order valence-electron chi connectivity index (χ0n) is 63.4. The summed E-state index contributed by atoms with van der Waals surface area (Å²) in [5.74, 6) is 7.52. The molecule has 20 bridgehead atoms. The molecular formula is C77H117Cl3N6O17S6. The maximum atomic E-state index is 13.5. The number of ether oxygens (including phenoxy) is 4. The summed E-state index contributed by atoms with van der Waals surface area (Å²) in [6.07, 6.45) is 33.1. The third kappa shape index (κ3) is 21.0. The molecule has 0 saturated heterocycles. The smallest absolute Gasteiger partial charge is 0.329 e. The average Bonchev–Trinajstić information content (AvgIpc) is 0.784. The normalized spacial score (nSPS) is 37.4. The summed E-state index contributed by atoms with van der Waals surface area (Å²) in [7, 11) is 13.3. The van der Waals surface area contributed by atoms with Crippen LogP contribution in [0.4, 0.5) is 0 Å². The van der Waals surface area contributed by atoms with Gasteiger partial charge in [0.25, 0.3) is 0 Å². The molecule has 6 atom stereocenters. The van der Waals surface area contributed by atoms with Crippen LogP contribution in [0.15, 0.2) is 0 Å². The van der Waals surface area contributed by atoms with E-state index in [1.54, 1.807) is 0 Å². The molecule has 0 aromatic heterocycles. The fourth-order valence-corrected chi connectivity index (χ4v) is 32.3. The van der Waals surface area contributed by atoms with Gasteiger partial charge in [-0.25, -0.2) is 19.2 Å². The van der Waals surface area contributed by atoms with Gasteiger partial charge in [0.2, 0.25) is 28.9 Å². The van der Waals surface area contributed by atoms with Gasteiger partial charge in [0.15, 0.2) is 0 Å². The predicted octanol–water partition coefficient (Wildman–Crippen LogP) is 11.2. The summed E-state index contributed by atoms with van der Waals surface area (Å²) < 4.78 is 19.0. The van der Waals surface area contributed by atoms with Crippen LogP contribution in [0.3, 0.4) is 0 Å². The Kier molecular flexibility index (Phi) is 31.0. The Morgan fingerprint density at radius 1 is 0.312 bits per heavy atom. The Morgan fingerprint density at radius 3 is 0.651 bits per heavy atom. The highest BCUT2D eigenvalue weighted by atomic mass is 35.5. The van der Waals surface area contributed by atoms with E-state index in [1.165, 1.54) is 190 Å². The number of nitrogens with two attached hydrogens (primary N) is 2. The Morgan fingerprint density at radius 2 is 0.477 bits per heavy atom. The predicted molar refractivity (Wildman–Crippen MR) is 430 cm³/mol. The lowest BCUT2D eigenvalue weighted by Crippen LogP contribution is -2.57. The van der Waals surface area contributed by atoms with Crippen molar-refractivity contribution in [3.05, 3.63) is 0 Å². The minimum Gasteiger partial charge on any atom is -0.480 e. The van der Waals surface area contributed by atoms with Gasteiger partial charge in [0.05, 0.1) is 28.4 Å². The standard InChI is InChI=1S/C30H44N2O6S2.C28H40N2O6S2.C11H15ClO.C8H16N2O4S2.2ClH/c1-37-25(33)23(31-27(35)29-9-17-3-18(10-29)5-19(4-17)11-29)15-39-40-16-24(26(34)38-2)32-28(36)30-12-20-6-21(13-30)8-22(7-20)14-30;31-23(32)21(29-25(35)27-7-15-1-16(8-27)3-17(2-15)9-27)13-37-38-14-22(24(33)34)30-26(36)28-10-18-4-19(11-28)6-20(5-18)12-28;12-10(13)11-4-7-1-8(5-11)3-9(2-7)6-11;1-13-7(11)5(9)3-15-16-4-6(10)8(12)14-2;;/h17-24H,3-16H2,1-2H3,(H,31,35)(H,32,36);15-22H,1-14H2,(H,29,35)(H,30,36)(H,31,32)(H,33,34);7-9H,1-6H2;5-6H,3-4,9-10H2,1-2H3;2*1H/t;15?,16?,17?,18?,19?,20?,21-,22?,27?,28?;;;;/m.0..../s1. The summed E-state index contributed by atoms with van der Waals surface area (Å²) in [4.78, 5) is 136. The number of aliphatic carboxylic acids is 2. The molecule has 0 aromatic carbocycles. The summed E-state index contributed by atoms with van der Waals surface area (Å²) >= 11 is 5.76. The van der Waals surface area contributed by atoms with Crippen LogP contribution in [-0.2, 0) is 71.7 Å². The van der Waals surface area contributed by atoms with Crippen LogP contribution < -0.4 is 32.7 Å². The zero-order valence-corrected chi connectivity index (χ0v) is 70.7. The van der Waals surface area contributed by atoms with E-state index in [2.05, 4.69) is 30.7 Å². The first-order chi connectivity index (χ1) is 51.0. The van der Waals surface area contributed by atoms with E-state index in [4.69, 9.17) is 32.5 Å². The highest BCUT2D eigenvalue weighted by Crippen LogP contribution is 2.65. The van der Waals surface area contributed by atoms with Crippen LogP contribution in [0, 0.1) is 116 Å².